The van der Waals surface area contributed by atoms with Crippen LogP contribution < -0.4 is 10.6 Å². The molecule has 5 nitrogen and oxygen atoms in total. The molecule has 2 heterocycles. The number of anilines is 2. The van der Waals surface area contributed by atoms with Crippen LogP contribution in [0.15, 0.2) is 12.3 Å². The van der Waals surface area contributed by atoms with Gasteiger partial charge in [-0.25, -0.2) is 4.98 Å². The lowest BCUT2D eigenvalue weighted by atomic mass is 10.2. The Morgan fingerprint density at radius 3 is 3.12 bits per heavy atom. The van der Waals surface area contributed by atoms with Crippen molar-refractivity contribution in [1.29, 1.82) is 5.26 Å². The van der Waals surface area contributed by atoms with Crippen LogP contribution in [0.2, 0.25) is 0 Å². The van der Waals surface area contributed by atoms with E-state index in [1.807, 2.05) is 0 Å². The number of nitrogens with zero attached hydrogens (tertiary/aromatic N) is 3. The summed E-state index contributed by atoms with van der Waals surface area (Å²) in [7, 11) is 1.71. The van der Waals surface area contributed by atoms with Crippen molar-refractivity contribution >= 4 is 11.5 Å². The van der Waals surface area contributed by atoms with E-state index in [-0.39, 0.29) is 6.10 Å². The Morgan fingerprint density at radius 2 is 2.50 bits per heavy atom. The number of hydrogen-bond acceptors (Lipinski definition) is 5. The van der Waals surface area contributed by atoms with Crippen LogP contribution in [0.3, 0.4) is 0 Å². The predicted molar refractivity (Wildman–Crippen MR) is 61.0 cm³/mol. The molecule has 0 amide bonds. The molecule has 2 N–H and O–H groups in total. The predicted octanol–water partition coefficient (Wildman–Crippen LogP) is 0.761. The van der Waals surface area contributed by atoms with Crippen LogP contribution in [0.25, 0.3) is 0 Å². The van der Waals surface area contributed by atoms with Gasteiger partial charge >= 0.3 is 0 Å². The number of nitriles is 1. The fraction of sp³-hybridized carbons (Fsp3) is 0.455. The van der Waals surface area contributed by atoms with Gasteiger partial charge in [0.05, 0.1) is 17.4 Å². The minimum Gasteiger partial charge on any atom is -0.384 e. The Hall–Kier alpha value is -1.80. The van der Waals surface area contributed by atoms with Gasteiger partial charge in [0.2, 0.25) is 0 Å². The maximum absolute atomic E-state index is 9.00. The quantitative estimate of drug-likeness (QED) is 0.793. The van der Waals surface area contributed by atoms with Crippen LogP contribution in [0, 0.1) is 11.3 Å². The third-order valence-electron chi connectivity index (χ3n) is 2.84. The van der Waals surface area contributed by atoms with E-state index in [4.69, 9.17) is 15.7 Å². The summed E-state index contributed by atoms with van der Waals surface area (Å²) in [5, 5.41) is 9.00. The molecule has 1 fully saturated rings. The van der Waals surface area contributed by atoms with Crippen molar-refractivity contribution in [2.75, 3.05) is 30.8 Å². The monoisotopic (exact) mass is 218 g/mol. The molecule has 1 aliphatic rings. The second-order valence-electron chi connectivity index (χ2n) is 3.83. The van der Waals surface area contributed by atoms with Gasteiger partial charge in [0.25, 0.3) is 0 Å². The highest BCUT2D eigenvalue weighted by molar-refractivity contribution is 5.62. The first-order valence-corrected chi connectivity index (χ1v) is 5.18. The van der Waals surface area contributed by atoms with Gasteiger partial charge in [0, 0.05) is 32.5 Å². The zero-order valence-corrected chi connectivity index (χ0v) is 9.18. The van der Waals surface area contributed by atoms with Gasteiger partial charge < -0.3 is 15.4 Å². The highest BCUT2D eigenvalue weighted by atomic mass is 16.5. The van der Waals surface area contributed by atoms with Gasteiger partial charge in [-0.15, -0.1) is 0 Å². The lowest BCUT2D eigenvalue weighted by Gasteiger charge is -2.19. The standard InChI is InChI=1S/C11H14N4O/c1-16-9-2-3-15(7-9)10-4-11(13)14-6-8(10)5-12/h4,6,9H,2-3,7H2,1H3,(H2,13,14). The number of pyridine rings is 1. The first kappa shape index (κ1) is 10.7. The maximum atomic E-state index is 9.00. The van der Waals surface area contributed by atoms with Crippen LogP contribution in [-0.2, 0) is 4.74 Å². The second-order valence-corrected chi connectivity index (χ2v) is 3.83. The average Bonchev–Trinajstić information content (AvgIpc) is 2.77. The number of nitrogens with two attached hydrogens (primary N) is 1. The van der Waals surface area contributed by atoms with Crippen molar-refractivity contribution in [3.05, 3.63) is 17.8 Å². The van der Waals surface area contributed by atoms with Crippen LogP contribution in [0.4, 0.5) is 11.5 Å². The number of hydrogen-bond donors (Lipinski definition) is 1. The summed E-state index contributed by atoms with van der Waals surface area (Å²) < 4.78 is 5.30. The van der Waals surface area contributed by atoms with Crippen molar-refractivity contribution in [1.82, 2.24) is 4.98 Å². The third-order valence-corrected chi connectivity index (χ3v) is 2.84. The molecule has 1 atom stereocenters. The molecule has 0 aromatic carbocycles. The average molecular weight is 218 g/mol. The van der Waals surface area contributed by atoms with Gasteiger partial charge in [-0.1, -0.05) is 0 Å². The second kappa shape index (κ2) is 4.37. The molecule has 84 valence electrons. The van der Waals surface area contributed by atoms with Gasteiger partial charge in [-0.2, -0.15) is 5.26 Å². The molecule has 1 aromatic rings. The minimum absolute atomic E-state index is 0.237. The van der Waals surface area contributed by atoms with Crippen molar-refractivity contribution in [2.24, 2.45) is 0 Å². The van der Waals surface area contributed by atoms with Crippen molar-refractivity contribution in [3.8, 4) is 6.07 Å². The van der Waals surface area contributed by atoms with Gasteiger partial charge in [0.1, 0.15) is 11.9 Å². The largest absolute Gasteiger partial charge is 0.384 e. The lowest BCUT2D eigenvalue weighted by molar-refractivity contribution is 0.121. The van der Waals surface area contributed by atoms with E-state index in [1.165, 1.54) is 6.20 Å². The number of nitrogen functional groups attached to an aromatic ring is 1. The molecule has 2 rings (SSSR count). The Labute approximate surface area is 94.4 Å². The number of aromatic nitrogens is 1. The van der Waals surface area contributed by atoms with Gasteiger partial charge in [0.15, 0.2) is 0 Å². The van der Waals surface area contributed by atoms with Crippen molar-refractivity contribution < 1.29 is 4.74 Å². The fourth-order valence-corrected chi connectivity index (χ4v) is 1.95. The van der Waals surface area contributed by atoms with Crippen LogP contribution in [0.1, 0.15) is 12.0 Å². The van der Waals surface area contributed by atoms with E-state index < -0.39 is 0 Å². The fourth-order valence-electron chi connectivity index (χ4n) is 1.95. The van der Waals surface area contributed by atoms with E-state index in [0.29, 0.717) is 11.4 Å². The summed E-state index contributed by atoms with van der Waals surface area (Å²) in [6, 6.07) is 3.88. The Kier molecular flexibility index (Phi) is 2.93. The Bertz CT molecular complexity index is 426. The van der Waals surface area contributed by atoms with Crippen molar-refractivity contribution in [3.63, 3.8) is 0 Å². The first-order valence-electron chi connectivity index (χ1n) is 5.18. The number of rotatable bonds is 2. The molecule has 1 unspecified atom stereocenters. The van der Waals surface area contributed by atoms with Crippen LogP contribution >= 0.6 is 0 Å². The van der Waals surface area contributed by atoms with Gasteiger partial charge in [-0.3, -0.25) is 0 Å². The summed E-state index contributed by atoms with van der Waals surface area (Å²) in [4.78, 5) is 6.03. The van der Waals surface area contributed by atoms with Crippen LogP contribution in [0.5, 0.6) is 0 Å². The molecule has 0 aliphatic carbocycles. The highest BCUT2D eigenvalue weighted by Crippen LogP contribution is 2.25. The van der Waals surface area contributed by atoms with Gasteiger partial charge in [-0.05, 0) is 6.42 Å². The minimum atomic E-state index is 0.237. The zero-order valence-electron chi connectivity index (χ0n) is 9.18. The molecule has 0 spiro atoms. The normalized spacial score (nSPS) is 19.8. The molecule has 0 radical (unpaired) electrons. The molecule has 1 aliphatic heterocycles. The molecule has 16 heavy (non-hydrogen) atoms. The molecular formula is C11H14N4O. The molecule has 1 aromatic heterocycles. The number of ether oxygens (including phenoxy) is 1. The first-order chi connectivity index (χ1) is 7.74. The Morgan fingerprint density at radius 1 is 1.69 bits per heavy atom. The SMILES string of the molecule is COC1CCN(c2cc(N)ncc2C#N)C1. The summed E-state index contributed by atoms with van der Waals surface area (Å²) in [5.41, 5.74) is 7.06. The zero-order chi connectivity index (χ0) is 11.5. The van der Waals surface area contributed by atoms with Crippen molar-refractivity contribution in [2.45, 2.75) is 12.5 Å². The number of methoxy groups -OCH3 is 1. The molecule has 1 saturated heterocycles. The lowest BCUT2D eigenvalue weighted by Crippen LogP contribution is -2.23. The summed E-state index contributed by atoms with van der Waals surface area (Å²) >= 11 is 0. The Balaban J connectivity index is 2.27. The molecule has 5 heteroatoms. The molecule has 0 bridgehead atoms. The highest BCUT2D eigenvalue weighted by Gasteiger charge is 2.24. The molecular weight excluding hydrogens is 204 g/mol. The van der Waals surface area contributed by atoms with E-state index >= 15 is 0 Å². The van der Waals surface area contributed by atoms with E-state index in [9.17, 15) is 0 Å². The summed E-state index contributed by atoms with van der Waals surface area (Å²) in [5.74, 6) is 0.440. The third kappa shape index (κ3) is 1.92. The van der Waals surface area contributed by atoms with Crippen LogP contribution in [-0.4, -0.2) is 31.3 Å². The summed E-state index contributed by atoms with van der Waals surface area (Å²) in [6.07, 6.45) is 2.73. The van der Waals surface area contributed by atoms with E-state index in [1.54, 1.807) is 13.2 Å². The topological polar surface area (TPSA) is 75.2 Å². The summed E-state index contributed by atoms with van der Waals surface area (Å²) in [6.45, 7) is 1.69. The van der Waals surface area contributed by atoms with E-state index in [0.717, 1.165) is 25.2 Å². The smallest absolute Gasteiger partial charge is 0.125 e. The van der Waals surface area contributed by atoms with E-state index in [2.05, 4.69) is 16.0 Å². The maximum Gasteiger partial charge on any atom is 0.125 e. The molecule has 0 saturated carbocycles.